The van der Waals surface area contributed by atoms with Crippen LogP contribution in [0, 0.1) is 5.82 Å². The average molecular weight is 287 g/mol. The third-order valence-corrected chi connectivity index (χ3v) is 3.45. The summed E-state index contributed by atoms with van der Waals surface area (Å²) in [6, 6.07) is 4.80. The van der Waals surface area contributed by atoms with Crippen molar-refractivity contribution >= 4 is 17.5 Å². The number of carbonyl (C=O) groups is 1. The van der Waals surface area contributed by atoms with Crippen LogP contribution in [0.1, 0.15) is 25.8 Å². The molecule has 0 aromatic heterocycles. The molecule has 0 heterocycles. The van der Waals surface area contributed by atoms with E-state index in [2.05, 4.69) is 5.32 Å². The highest BCUT2D eigenvalue weighted by Crippen LogP contribution is 2.20. The third-order valence-electron chi connectivity index (χ3n) is 3.10. The molecule has 0 saturated carbocycles. The Bertz CT molecular complexity index is 419. The summed E-state index contributed by atoms with van der Waals surface area (Å²) in [6.45, 7) is 4.48. The summed E-state index contributed by atoms with van der Waals surface area (Å²) in [7, 11) is 1.64. The van der Waals surface area contributed by atoms with Gasteiger partial charge in [-0.1, -0.05) is 24.6 Å². The minimum atomic E-state index is -0.387. The highest BCUT2D eigenvalue weighted by Gasteiger charge is 2.14. The lowest BCUT2D eigenvalue weighted by molar-refractivity contribution is -0.129. The minimum absolute atomic E-state index is 0.0837. The van der Waals surface area contributed by atoms with Gasteiger partial charge in [0.15, 0.2) is 0 Å². The molecule has 5 heteroatoms. The van der Waals surface area contributed by atoms with Gasteiger partial charge >= 0.3 is 0 Å². The monoisotopic (exact) mass is 286 g/mol. The summed E-state index contributed by atoms with van der Waals surface area (Å²) >= 11 is 5.93. The zero-order valence-electron chi connectivity index (χ0n) is 11.5. The Morgan fingerprint density at radius 2 is 2.21 bits per heavy atom. The largest absolute Gasteiger partial charge is 0.340 e. The van der Waals surface area contributed by atoms with E-state index in [-0.39, 0.29) is 30.9 Å². The average Bonchev–Trinajstić information content (AvgIpc) is 2.39. The van der Waals surface area contributed by atoms with Crippen LogP contribution < -0.4 is 5.32 Å². The van der Waals surface area contributed by atoms with Gasteiger partial charge in [0.1, 0.15) is 5.82 Å². The normalized spacial score (nSPS) is 12.3. The van der Waals surface area contributed by atoms with Crippen molar-refractivity contribution in [3.05, 3.63) is 34.6 Å². The number of halogens is 2. The fourth-order valence-corrected chi connectivity index (χ4v) is 1.77. The Balaban J connectivity index is 2.59. The molecule has 1 aromatic carbocycles. The van der Waals surface area contributed by atoms with Crippen LogP contribution in [0.2, 0.25) is 5.02 Å². The van der Waals surface area contributed by atoms with E-state index in [4.69, 9.17) is 11.6 Å². The maximum Gasteiger partial charge on any atom is 0.236 e. The Labute approximate surface area is 118 Å². The highest BCUT2D eigenvalue weighted by molar-refractivity contribution is 6.31. The van der Waals surface area contributed by atoms with Crippen molar-refractivity contribution in [2.24, 2.45) is 0 Å². The Morgan fingerprint density at radius 1 is 1.53 bits per heavy atom. The SMILES string of the molecule is CCC(C)NCC(=O)N(C)Cc1c(F)cccc1Cl. The van der Waals surface area contributed by atoms with Crippen molar-refractivity contribution in [3.63, 3.8) is 0 Å². The number of hydrogen-bond acceptors (Lipinski definition) is 2. The van der Waals surface area contributed by atoms with Gasteiger partial charge in [-0.25, -0.2) is 4.39 Å². The van der Waals surface area contributed by atoms with E-state index in [9.17, 15) is 9.18 Å². The van der Waals surface area contributed by atoms with Crippen molar-refractivity contribution in [1.29, 1.82) is 0 Å². The molecule has 0 bridgehead atoms. The maximum atomic E-state index is 13.6. The van der Waals surface area contributed by atoms with Gasteiger partial charge in [0, 0.05) is 30.2 Å². The molecule has 1 unspecified atom stereocenters. The van der Waals surface area contributed by atoms with Crippen LogP contribution in [0.25, 0.3) is 0 Å². The number of benzene rings is 1. The topological polar surface area (TPSA) is 32.3 Å². The number of amides is 1. The van der Waals surface area contributed by atoms with Crippen molar-refractivity contribution in [1.82, 2.24) is 10.2 Å². The molecule has 0 aliphatic rings. The van der Waals surface area contributed by atoms with E-state index in [1.807, 2.05) is 13.8 Å². The van der Waals surface area contributed by atoms with Crippen molar-refractivity contribution in [2.45, 2.75) is 32.9 Å². The first-order chi connectivity index (χ1) is 8.95. The first-order valence-electron chi connectivity index (χ1n) is 6.36. The third kappa shape index (κ3) is 4.80. The number of likely N-dealkylation sites (N-methyl/N-ethyl adjacent to an activating group) is 1. The molecule has 1 N–H and O–H groups in total. The summed E-state index contributed by atoms with van der Waals surface area (Å²) in [4.78, 5) is 13.4. The van der Waals surface area contributed by atoms with Gasteiger partial charge in [0.25, 0.3) is 0 Å². The standard InChI is InChI=1S/C14H20ClFN2O/c1-4-10(2)17-8-14(19)18(3)9-11-12(15)6-5-7-13(11)16/h5-7,10,17H,4,8-9H2,1-3H3. The first kappa shape index (κ1) is 15.9. The lowest BCUT2D eigenvalue weighted by Gasteiger charge is -2.20. The smallest absolute Gasteiger partial charge is 0.236 e. The van der Waals surface area contributed by atoms with Crippen molar-refractivity contribution in [3.8, 4) is 0 Å². The summed E-state index contributed by atoms with van der Waals surface area (Å²) < 4.78 is 13.6. The van der Waals surface area contributed by atoms with E-state index >= 15 is 0 Å². The van der Waals surface area contributed by atoms with Crippen LogP contribution in [-0.4, -0.2) is 30.4 Å². The predicted octanol–water partition coefficient (Wildman–Crippen LogP) is 2.83. The molecular weight excluding hydrogens is 267 g/mol. The molecule has 19 heavy (non-hydrogen) atoms. The fraction of sp³-hybridized carbons (Fsp3) is 0.500. The van der Waals surface area contributed by atoms with E-state index in [1.54, 1.807) is 19.2 Å². The molecule has 0 aliphatic carbocycles. The van der Waals surface area contributed by atoms with Crippen LogP contribution in [0.5, 0.6) is 0 Å². The van der Waals surface area contributed by atoms with Gasteiger partial charge in [0.05, 0.1) is 6.54 Å². The van der Waals surface area contributed by atoms with Crippen molar-refractivity contribution in [2.75, 3.05) is 13.6 Å². The summed E-state index contributed by atoms with van der Waals surface area (Å²) in [5.41, 5.74) is 0.351. The van der Waals surface area contributed by atoms with E-state index in [0.717, 1.165) is 6.42 Å². The number of nitrogens with zero attached hydrogens (tertiary/aromatic N) is 1. The van der Waals surface area contributed by atoms with E-state index < -0.39 is 0 Å². The summed E-state index contributed by atoms with van der Waals surface area (Å²) in [5.74, 6) is -0.471. The molecule has 1 atom stereocenters. The second-order valence-corrected chi connectivity index (χ2v) is 5.05. The van der Waals surface area contributed by atoms with Crippen LogP contribution in [0.3, 0.4) is 0 Å². The Kier molecular flexibility index (Phi) is 6.25. The van der Waals surface area contributed by atoms with Crippen molar-refractivity contribution < 1.29 is 9.18 Å². The number of nitrogens with one attached hydrogen (secondary N) is 1. The molecule has 0 radical (unpaired) electrons. The molecule has 0 spiro atoms. The second kappa shape index (κ2) is 7.46. The highest BCUT2D eigenvalue weighted by atomic mass is 35.5. The van der Waals surface area contributed by atoms with E-state index in [1.165, 1.54) is 11.0 Å². The molecule has 1 amide bonds. The molecule has 0 aliphatic heterocycles. The van der Waals surface area contributed by atoms with Crippen LogP contribution >= 0.6 is 11.6 Å². The van der Waals surface area contributed by atoms with Gasteiger partial charge < -0.3 is 10.2 Å². The number of hydrogen-bond donors (Lipinski definition) is 1. The number of rotatable bonds is 6. The van der Waals surface area contributed by atoms with E-state index in [0.29, 0.717) is 10.6 Å². The van der Waals surface area contributed by atoms with Crippen LogP contribution in [0.15, 0.2) is 18.2 Å². The first-order valence-corrected chi connectivity index (χ1v) is 6.73. The second-order valence-electron chi connectivity index (χ2n) is 4.64. The molecule has 106 valence electrons. The fourth-order valence-electron chi connectivity index (χ4n) is 1.55. The quantitative estimate of drug-likeness (QED) is 0.872. The van der Waals surface area contributed by atoms with Gasteiger partial charge in [-0.2, -0.15) is 0 Å². The van der Waals surface area contributed by atoms with Crippen LogP contribution in [-0.2, 0) is 11.3 Å². The molecule has 1 rings (SSSR count). The lowest BCUT2D eigenvalue weighted by Crippen LogP contribution is -2.38. The van der Waals surface area contributed by atoms with Gasteiger partial charge in [-0.05, 0) is 25.5 Å². The van der Waals surface area contributed by atoms with Crippen LogP contribution in [0.4, 0.5) is 4.39 Å². The maximum absolute atomic E-state index is 13.6. The summed E-state index contributed by atoms with van der Waals surface area (Å²) in [5, 5.41) is 3.45. The molecule has 0 saturated heterocycles. The van der Waals surface area contributed by atoms with Gasteiger partial charge in [-0.15, -0.1) is 0 Å². The molecule has 0 fully saturated rings. The molecular formula is C14H20ClFN2O. The van der Waals surface area contributed by atoms with Gasteiger partial charge in [0.2, 0.25) is 5.91 Å². The zero-order valence-corrected chi connectivity index (χ0v) is 12.3. The minimum Gasteiger partial charge on any atom is -0.340 e. The summed E-state index contributed by atoms with van der Waals surface area (Å²) in [6.07, 6.45) is 0.954. The van der Waals surface area contributed by atoms with Gasteiger partial charge in [-0.3, -0.25) is 4.79 Å². The number of carbonyl (C=O) groups excluding carboxylic acids is 1. The Morgan fingerprint density at radius 3 is 2.79 bits per heavy atom. The lowest BCUT2D eigenvalue weighted by atomic mass is 10.2. The molecule has 3 nitrogen and oxygen atoms in total. The zero-order chi connectivity index (χ0) is 14.4. The molecule has 1 aromatic rings. The Hall–Kier alpha value is -1.13. The predicted molar refractivity (Wildman–Crippen MR) is 75.6 cm³/mol.